The zero-order chi connectivity index (χ0) is 17.9. The molecule has 138 valence electrons. The molecule has 1 unspecified atom stereocenters. The van der Waals surface area contributed by atoms with Crippen molar-refractivity contribution in [1.29, 1.82) is 0 Å². The van der Waals surface area contributed by atoms with E-state index < -0.39 is 0 Å². The van der Waals surface area contributed by atoms with Gasteiger partial charge in [0.05, 0.1) is 7.11 Å². The zero-order valence-electron chi connectivity index (χ0n) is 15.7. The molecule has 0 amide bonds. The molecule has 2 aromatic carbocycles. The summed E-state index contributed by atoms with van der Waals surface area (Å²) in [5, 5.41) is 3.39. The topological polar surface area (TPSA) is 33.7 Å². The van der Waals surface area contributed by atoms with Crippen molar-refractivity contribution in [2.24, 2.45) is 0 Å². The Bertz CT molecular complexity index is 756. The summed E-state index contributed by atoms with van der Waals surface area (Å²) in [5.41, 5.74) is 4.09. The molecule has 0 saturated carbocycles. The fourth-order valence-corrected chi connectivity index (χ4v) is 4.15. The third-order valence-electron chi connectivity index (χ3n) is 5.51. The van der Waals surface area contributed by atoms with Crippen molar-refractivity contribution in [3.8, 4) is 11.5 Å². The summed E-state index contributed by atoms with van der Waals surface area (Å²) in [6.45, 7) is 4.10. The summed E-state index contributed by atoms with van der Waals surface area (Å²) >= 11 is 0. The summed E-state index contributed by atoms with van der Waals surface area (Å²) in [6.07, 6.45) is 2.51. The van der Waals surface area contributed by atoms with Gasteiger partial charge in [-0.1, -0.05) is 18.2 Å². The maximum Gasteiger partial charge on any atom is 0.120 e. The molecule has 1 saturated heterocycles. The highest BCUT2D eigenvalue weighted by atomic mass is 16.5. The lowest BCUT2D eigenvalue weighted by Crippen LogP contribution is -2.34. The standard InChI is InChI=1S/C22H28N2O2/c1-24-14-17-13-20(26-18-8-10-23-11-9-18)6-7-21(17)22(15-24)16-4-3-5-19(12-16)25-2/h3-7,12-13,18,22-23H,8-11,14-15H2,1-2H3. The van der Waals surface area contributed by atoms with E-state index in [1.54, 1.807) is 7.11 Å². The molecule has 2 aromatic rings. The van der Waals surface area contributed by atoms with Crippen molar-refractivity contribution in [3.63, 3.8) is 0 Å². The third-order valence-corrected chi connectivity index (χ3v) is 5.51. The maximum absolute atomic E-state index is 6.26. The van der Waals surface area contributed by atoms with Crippen molar-refractivity contribution in [3.05, 3.63) is 59.2 Å². The van der Waals surface area contributed by atoms with Gasteiger partial charge in [0.25, 0.3) is 0 Å². The quantitative estimate of drug-likeness (QED) is 0.914. The Morgan fingerprint density at radius 2 is 1.88 bits per heavy atom. The number of fused-ring (bicyclic) bond motifs is 1. The van der Waals surface area contributed by atoms with Crippen LogP contribution < -0.4 is 14.8 Å². The van der Waals surface area contributed by atoms with Crippen LogP contribution in [0.15, 0.2) is 42.5 Å². The van der Waals surface area contributed by atoms with E-state index in [0.29, 0.717) is 12.0 Å². The lowest BCUT2D eigenvalue weighted by atomic mass is 9.84. The lowest BCUT2D eigenvalue weighted by molar-refractivity contribution is 0.162. The number of benzene rings is 2. The van der Waals surface area contributed by atoms with Crippen molar-refractivity contribution in [1.82, 2.24) is 10.2 Å². The molecule has 0 aliphatic carbocycles. The summed E-state index contributed by atoms with van der Waals surface area (Å²) in [7, 11) is 3.92. The van der Waals surface area contributed by atoms with Crippen LogP contribution in [0.4, 0.5) is 0 Å². The monoisotopic (exact) mass is 352 g/mol. The highest BCUT2D eigenvalue weighted by molar-refractivity contribution is 5.45. The first-order chi connectivity index (χ1) is 12.7. The Morgan fingerprint density at radius 1 is 1.04 bits per heavy atom. The molecule has 2 aliphatic heterocycles. The molecule has 0 spiro atoms. The molecule has 4 heteroatoms. The SMILES string of the molecule is COc1cccc(C2CN(C)Cc3cc(OC4CCNCC4)ccc32)c1. The Kier molecular flexibility index (Phi) is 5.14. The highest BCUT2D eigenvalue weighted by Crippen LogP contribution is 2.36. The minimum atomic E-state index is 0.338. The number of nitrogens with one attached hydrogen (secondary N) is 1. The summed E-state index contributed by atoms with van der Waals surface area (Å²) in [6, 6.07) is 15.1. The van der Waals surface area contributed by atoms with Crippen LogP contribution in [0, 0.1) is 0 Å². The molecular formula is C22H28N2O2. The first-order valence-electron chi connectivity index (χ1n) is 9.55. The molecule has 2 aliphatic rings. The third kappa shape index (κ3) is 3.71. The van der Waals surface area contributed by atoms with Crippen molar-refractivity contribution >= 4 is 0 Å². The molecule has 0 radical (unpaired) electrons. The normalized spacial score (nSPS) is 21.2. The van der Waals surface area contributed by atoms with Gasteiger partial charge in [0.15, 0.2) is 0 Å². The molecule has 4 rings (SSSR count). The van der Waals surface area contributed by atoms with Gasteiger partial charge in [0.1, 0.15) is 17.6 Å². The molecule has 1 atom stereocenters. The Hall–Kier alpha value is -2.04. The first-order valence-corrected chi connectivity index (χ1v) is 9.55. The number of rotatable bonds is 4. The van der Waals surface area contributed by atoms with E-state index in [1.807, 2.05) is 6.07 Å². The molecule has 1 fully saturated rings. The van der Waals surface area contributed by atoms with Crippen LogP contribution in [0.3, 0.4) is 0 Å². The average Bonchev–Trinajstić information content (AvgIpc) is 2.68. The van der Waals surface area contributed by atoms with E-state index in [0.717, 1.165) is 50.5 Å². The van der Waals surface area contributed by atoms with E-state index in [9.17, 15) is 0 Å². The number of piperidine rings is 1. The van der Waals surface area contributed by atoms with Crippen LogP contribution in [0.5, 0.6) is 11.5 Å². The molecule has 4 nitrogen and oxygen atoms in total. The first kappa shape index (κ1) is 17.4. The Labute approximate surface area is 156 Å². The zero-order valence-corrected chi connectivity index (χ0v) is 15.7. The highest BCUT2D eigenvalue weighted by Gasteiger charge is 2.26. The number of nitrogens with zero attached hydrogens (tertiary/aromatic N) is 1. The van der Waals surface area contributed by atoms with E-state index in [-0.39, 0.29) is 0 Å². The number of hydrogen-bond donors (Lipinski definition) is 1. The second kappa shape index (κ2) is 7.68. The average molecular weight is 352 g/mol. The molecular weight excluding hydrogens is 324 g/mol. The van der Waals surface area contributed by atoms with Crippen molar-refractivity contribution in [2.75, 3.05) is 33.8 Å². The van der Waals surface area contributed by atoms with Gasteiger partial charge in [0, 0.05) is 19.0 Å². The smallest absolute Gasteiger partial charge is 0.120 e. The second-order valence-corrected chi connectivity index (χ2v) is 7.45. The summed E-state index contributed by atoms with van der Waals surface area (Å²) < 4.78 is 11.7. The van der Waals surface area contributed by atoms with Crippen LogP contribution in [0.1, 0.15) is 35.4 Å². The fraction of sp³-hybridized carbons (Fsp3) is 0.455. The number of hydrogen-bond acceptors (Lipinski definition) is 4. The fourth-order valence-electron chi connectivity index (χ4n) is 4.15. The molecule has 1 N–H and O–H groups in total. The van der Waals surface area contributed by atoms with Gasteiger partial charge in [-0.25, -0.2) is 0 Å². The van der Waals surface area contributed by atoms with Crippen LogP contribution >= 0.6 is 0 Å². The Balaban J connectivity index is 1.60. The van der Waals surface area contributed by atoms with Crippen LogP contribution in [0.2, 0.25) is 0 Å². The molecule has 0 bridgehead atoms. The van der Waals surface area contributed by atoms with Gasteiger partial charge in [0.2, 0.25) is 0 Å². The summed E-state index contributed by atoms with van der Waals surface area (Å²) in [4.78, 5) is 2.39. The van der Waals surface area contributed by atoms with Gasteiger partial charge in [-0.15, -0.1) is 0 Å². The van der Waals surface area contributed by atoms with E-state index in [1.165, 1.54) is 16.7 Å². The van der Waals surface area contributed by atoms with Crippen LogP contribution in [-0.2, 0) is 6.54 Å². The molecule has 0 aromatic heterocycles. The van der Waals surface area contributed by atoms with Crippen molar-refractivity contribution in [2.45, 2.75) is 31.4 Å². The lowest BCUT2D eigenvalue weighted by Gasteiger charge is -2.33. The van der Waals surface area contributed by atoms with E-state index in [4.69, 9.17) is 9.47 Å². The van der Waals surface area contributed by atoms with Crippen LogP contribution in [0.25, 0.3) is 0 Å². The van der Waals surface area contributed by atoms with Crippen molar-refractivity contribution < 1.29 is 9.47 Å². The van der Waals surface area contributed by atoms with Gasteiger partial charge < -0.3 is 19.7 Å². The van der Waals surface area contributed by atoms with Gasteiger partial charge >= 0.3 is 0 Å². The van der Waals surface area contributed by atoms with Gasteiger partial charge in [-0.2, -0.15) is 0 Å². The van der Waals surface area contributed by atoms with Gasteiger partial charge in [-0.3, -0.25) is 0 Å². The minimum Gasteiger partial charge on any atom is -0.497 e. The van der Waals surface area contributed by atoms with Crippen LogP contribution in [-0.4, -0.2) is 44.8 Å². The van der Waals surface area contributed by atoms with E-state index in [2.05, 4.69) is 53.7 Å². The predicted octanol–water partition coefficient (Wildman–Crippen LogP) is 3.40. The molecule has 2 heterocycles. The number of methoxy groups -OCH3 is 1. The number of likely N-dealkylation sites (N-methyl/N-ethyl adjacent to an activating group) is 1. The van der Waals surface area contributed by atoms with Gasteiger partial charge in [-0.05, 0) is 73.9 Å². The predicted molar refractivity (Wildman–Crippen MR) is 104 cm³/mol. The largest absolute Gasteiger partial charge is 0.497 e. The summed E-state index contributed by atoms with van der Waals surface area (Å²) in [5.74, 6) is 2.30. The minimum absolute atomic E-state index is 0.338. The molecule has 26 heavy (non-hydrogen) atoms. The number of ether oxygens (including phenoxy) is 2. The Morgan fingerprint density at radius 3 is 2.69 bits per heavy atom. The second-order valence-electron chi connectivity index (χ2n) is 7.45. The maximum atomic E-state index is 6.26. The van der Waals surface area contributed by atoms with E-state index >= 15 is 0 Å².